The van der Waals surface area contributed by atoms with Gasteiger partial charge in [-0.2, -0.15) is 5.26 Å². The number of nitriles is 1. The van der Waals surface area contributed by atoms with E-state index in [9.17, 15) is 0 Å². The number of nitrogens with two attached hydrogens (primary N) is 2. The second-order valence-corrected chi connectivity index (χ2v) is 3.50. The molecule has 0 spiro atoms. The third kappa shape index (κ3) is 2.07. The molecule has 0 heterocycles. The molecule has 0 bridgehead atoms. The molecule has 0 aliphatic carbocycles. The summed E-state index contributed by atoms with van der Waals surface area (Å²) in [5.41, 5.74) is 13.3. The van der Waals surface area contributed by atoms with Crippen molar-refractivity contribution >= 4 is 23.1 Å². The van der Waals surface area contributed by atoms with Crippen molar-refractivity contribution < 1.29 is 0 Å². The summed E-state index contributed by atoms with van der Waals surface area (Å²) in [7, 11) is 0. The monoisotopic (exact) mass is 193 g/mol. The highest BCUT2D eigenvalue weighted by molar-refractivity contribution is 7.98. The Morgan fingerprint density at radius 3 is 2.69 bits per heavy atom. The molecule has 1 rings (SSSR count). The molecule has 4 heteroatoms. The molecule has 1 aromatic rings. The van der Waals surface area contributed by atoms with Crippen molar-refractivity contribution in [1.29, 1.82) is 5.26 Å². The van der Waals surface area contributed by atoms with Gasteiger partial charge < -0.3 is 11.5 Å². The first-order valence-corrected chi connectivity index (χ1v) is 5.00. The maximum Gasteiger partial charge on any atom is 0.0670 e. The summed E-state index contributed by atoms with van der Waals surface area (Å²) in [5, 5.41) is 8.55. The Morgan fingerprint density at radius 1 is 1.46 bits per heavy atom. The molecule has 1 aromatic carbocycles. The smallest absolute Gasteiger partial charge is 0.0670 e. The zero-order chi connectivity index (χ0) is 9.84. The minimum atomic E-state index is 0.310. The zero-order valence-corrected chi connectivity index (χ0v) is 8.19. The van der Waals surface area contributed by atoms with Crippen LogP contribution < -0.4 is 11.5 Å². The minimum Gasteiger partial charge on any atom is -0.397 e. The Kier molecular flexibility index (Phi) is 3.04. The van der Waals surface area contributed by atoms with E-state index in [0.29, 0.717) is 17.8 Å². The molecule has 0 aliphatic rings. The molecule has 13 heavy (non-hydrogen) atoms. The lowest BCUT2D eigenvalue weighted by Gasteiger charge is -2.07. The Bertz CT molecular complexity index is 355. The lowest BCUT2D eigenvalue weighted by atomic mass is 10.1. The molecular formula is C9H11N3S. The normalized spacial score (nSPS) is 9.54. The van der Waals surface area contributed by atoms with Crippen LogP contribution in [0.3, 0.4) is 0 Å². The SMILES string of the molecule is CSc1cc(N)c(N)c(CC#N)c1. The van der Waals surface area contributed by atoms with Gasteiger partial charge in [-0.15, -0.1) is 11.8 Å². The third-order valence-corrected chi connectivity index (χ3v) is 2.48. The average Bonchev–Trinajstić information content (AvgIpc) is 2.13. The fourth-order valence-electron chi connectivity index (χ4n) is 1.06. The van der Waals surface area contributed by atoms with Crippen LogP contribution in [-0.4, -0.2) is 6.26 Å². The quantitative estimate of drug-likeness (QED) is 0.553. The van der Waals surface area contributed by atoms with Crippen molar-refractivity contribution in [2.75, 3.05) is 17.7 Å². The van der Waals surface area contributed by atoms with E-state index in [2.05, 4.69) is 6.07 Å². The van der Waals surface area contributed by atoms with Gasteiger partial charge in [0, 0.05) is 4.90 Å². The van der Waals surface area contributed by atoms with Gasteiger partial charge in [-0.1, -0.05) is 0 Å². The fourth-order valence-corrected chi connectivity index (χ4v) is 1.56. The number of nitrogen functional groups attached to an aromatic ring is 2. The van der Waals surface area contributed by atoms with E-state index in [4.69, 9.17) is 16.7 Å². The molecule has 0 saturated carbocycles. The van der Waals surface area contributed by atoms with E-state index in [1.54, 1.807) is 11.8 Å². The number of benzene rings is 1. The van der Waals surface area contributed by atoms with Crippen molar-refractivity contribution in [2.24, 2.45) is 0 Å². The van der Waals surface area contributed by atoms with Crippen LogP contribution in [0.25, 0.3) is 0 Å². The molecule has 0 fully saturated rings. The number of nitrogens with zero attached hydrogens (tertiary/aromatic N) is 1. The van der Waals surface area contributed by atoms with Crippen LogP contribution in [0.4, 0.5) is 11.4 Å². The van der Waals surface area contributed by atoms with Gasteiger partial charge in [0.25, 0.3) is 0 Å². The molecule has 68 valence electrons. The van der Waals surface area contributed by atoms with Gasteiger partial charge >= 0.3 is 0 Å². The van der Waals surface area contributed by atoms with Crippen LogP contribution in [0.15, 0.2) is 17.0 Å². The highest BCUT2D eigenvalue weighted by Gasteiger charge is 2.04. The molecule has 0 aromatic heterocycles. The minimum absolute atomic E-state index is 0.310. The van der Waals surface area contributed by atoms with Gasteiger partial charge in [0.2, 0.25) is 0 Å². The van der Waals surface area contributed by atoms with Crippen molar-refractivity contribution in [1.82, 2.24) is 0 Å². The molecule has 0 unspecified atom stereocenters. The maximum atomic E-state index is 8.55. The highest BCUT2D eigenvalue weighted by Crippen LogP contribution is 2.27. The first-order chi connectivity index (χ1) is 6.19. The number of thioether (sulfide) groups is 1. The molecule has 0 atom stereocenters. The topological polar surface area (TPSA) is 75.8 Å². The molecule has 3 nitrogen and oxygen atoms in total. The van der Waals surface area contributed by atoms with Crippen molar-refractivity contribution in [3.8, 4) is 6.07 Å². The predicted octanol–water partition coefficient (Wildman–Crippen LogP) is 1.64. The van der Waals surface area contributed by atoms with Crippen LogP contribution in [0.5, 0.6) is 0 Å². The first kappa shape index (κ1) is 9.75. The molecule has 0 aliphatic heterocycles. The van der Waals surface area contributed by atoms with Crippen LogP contribution >= 0.6 is 11.8 Å². The summed E-state index contributed by atoms with van der Waals surface area (Å²) in [6.45, 7) is 0. The Morgan fingerprint density at radius 2 is 2.15 bits per heavy atom. The second kappa shape index (κ2) is 4.06. The number of rotatable bonds is 2. The van der Waals surface area contributed by atoms with Gasteiger partial charge in [0.1, 0.15) is 0 Å². The van der Waals surface area contributed by atoms with Gasteiger partial charge in [-0.25, -0.2) is 0 Å². The number of hydrogen-bond acceptors (Lipinski definition) is 4. The first-order valence-electron chi connectivity index (χ1n) is 3.78. The Hall–Kier alpha value is -1.34. The van der Waals surface area contributed by atoms with E-state index in [1.807, 2.05) is 18.4 Å². The maximum absolute atomic E-state index is 8.55. The molecule has 0 amide bonds. The molecule has 0 radical (unpaired) electrons. The van der Waals surface area contributed by atoms with E-state index in [-0.39, 0.29) is 0 Å². The van der Waals surface area contributed by atoms with Gasteiger partial charge in [-0.3, -0.25) is 0 Å². The highest BCUT2D eigenvalue weighted by atomic mass is 32.2. The summed E-state index contributed by atoms with van der Waals surface area (Å²) in [6.07, 6.45) is 2.27. The molecular weight excluding hydrogens is 182 g/mol. The van der Waals surface area contributed by atoms with Crippen LogP contribution in [0.2, 0.25) is 0 Å². The van der Waals surface area contributed by atoms with E-state index in [0.717, 1.165) is 10.5 Å². The van der Waals surface area contributed by atoms with Crippen molar-refractivity contribution in [3.63, 3.8) is 0 Å². The largest absolute Gasteiger partial charge is 0.397 e. The Balaban J connectivity index is 3.18. The summed E-state index contributed by atoms with van der Waals surface area (Å²) < 4.78 is 0. The molecule has 4 N–H and O–H groups in total. The van der Waals surface area contributed by atoms with Crippen LogP contribution in [0.1, 0.15) is 5.56 Å². The van der Waals surface area contributed by atoms with E-state index >= 15 is 0 Å². The summed E-state index contributed by atoms with van der Waals surface area (Å²) >= 11 is 1.59. The third-order valence-electron chi connectivity index (χ3n) is 1.78. The van der Waals surface area contributed by atoms with E-state index in [1.165, 1.54) is 0 Å². The lowest BCUT2D eigenvalue weighted by Crippen LogP contribution is -1.99. The predicted molar refractivity (Wildman–Crippen MR) is 56.4 cm³/mol. The summed E-state index contributed by atoms with van der Waals surface area (Å²) in [6, 6.07) is 5.78. The van der Waals surface area contributed by atoms with Gasteiger partial charge in [0.05, 0.1) is 23.9 Å². The number of anilines is 2. The zero-order valence-electron chi connectivity index (χ0n) is 7.37. The summed E-state index contributed by atoms with van der Waals surface area (Å²) in [5.74, 6) is 0. The van der Waals surface area contributed by atoms with Crippen LogP contribution in [0, 0.1) is 11.3 Å². The van der Waals surface area contributed by atoms with Crippen molar-refractivity contribution in [3.05, 3.63) is 17.7 Å². The van der Waals surface area contributed by atoms with Gasteiger partial charge in [0.15, 0.2) is 0 Å². The Labute approximate surface area is 81.7 Å². The van der Waals surface area contributed by atoms with Crippen molar-refractivity contribution in [2.45, 2.75) is 11.3 Å². The van der Waals surface area contributed by atoms with Crippen LogP contribution in [-0.2, 0) is 6.42 Å². The van der Waals surface area contributed by atoms with E-state index < -0.39 is 0 Å². The fraction of sp³-hybridized carbons (Fsp3) is 0.222. The second-order valence-electron chi connectivity index (χ2n) is 2.62. The number of hydrogen-bond donors (Lipinski definition) is 2. The standard InChI is InChI=1S/C9H11N3S/c1-13-7-4-6(2-3-10)9(12)8(11)5-7/h4-5H,2,11-12H2,1H3. The molecule has 0 saturated heterocycles. The van der Waals surface area contributed by atoms with Gasteiger partial charge in [-0.05, 0) is 24.0 Å². The summed E-state index contributed by atoms with van der Waals surface area (Å²) in [4.78, 5) is 1.04. The average molecular weight is 193 g/mol. The lowest BCUT2D eigenvalue weighted by molar-refractivity contribution is 1.24.